The second-order valence-corrected chi connectivity index (χ2v) is 11.6. The van der Waals surface area contributed by atoms with Crippen LogP contribution in [-0.4, -0.2) is 64.3 Å². The van der Waals surface area contributed by atoms with Crippen LogP contribution in [0.5, 0.6) is 5.75 Å². The lowest BCUT2D eigenvalue weighted by atomic mass is 10.1. The summed E-state index contributed by atoms with van der Waals surface area (Å²) >= 11 is 0. The van der Waals surface area contributed by atoms with Crippen molar-refractivity contribution < 1.29 is 30.8 Å². The minimum absolute atomic E-state index is 0.0790. The van der Waals surface area contributed by atoms with Gasteiger partial charge in [0.25, 0.3) is 5.89 Å². The van der Waals surface area contributed by atoms with E-state index in [2.05, 4.69) is 29.9 Å². The maximum absolute atomic E-state index is 12.4. The summed E-state index contributed by atoms with van der Waals surface area (Å²) in [5, 5.41) is 8.09. The normalized spacial score (nSPS) is 15.1. The molecule has 5 rings (SSSR count). The Hall–Kier alpha value is -3.94. The maximum atomic E-state index is 12.4. The minimum Gasteiger partial charge on any atom is -0.406 e. The van der Waals surface area contributed by atoms with Crippen LogP contribution in [-0.2, 0) is 16.4 Å². The zero-order chi connectivity index (χ0) is 27.8. The molecule has 206 valence electrons. The molecule has 14 heteroatoms. The number of rotatable bonds is 7. The summed E-state index contributed by atoms with van der Waals surface area (Å²) in [5.74, 6) is 0.763. The van der Waals surface area contributed by atoms with E-state index in [9.17, 15) is 21.6 Å². The van der Waals surface area contributed by atoms with Gasteiger partial charge >= 0.3 is 6.36 Å². The minimum atomic E-state index is -4.77. The molecule has 10 nitrogen and oxygen atoms in total. The van der Waals surface area contributed by atoms with Crippen LogP contribution in [0.4, 0.5) is 18.9 Å². The molecule has 1 saturated heterocycles. The largest absolute Gasteiger partial charge is 0.573 e. The topological polar surface area (TPSA) is 116 Å². The molecule has 1 fully saturated rings. The Morgan fingerprint density at radius 2 is 1.67 bits per heavy atom. The highest BCUT2D eigenvalue weighted by Crippen LogP contribution is 2.27. The molecule has 0 saturated carbocycles. The van der Waals surface area contributed by atoms with E-state index in [4.69, 9.17) is 4.52 Å². The summed E-state index contributed by atoms with van der Waals surface area (Å²) in [6.45, 7) is 3.64. The Morgan fingerprint density at radius 1 is 1.00 bits per heavy atom. The molecule has 0 bridgehead atoms. The summed E-state index contributed by atoms with van der Waals surface area (Å²) in [7, 11) is -3.01. The van der Waals surface area contributed by atoms with Gasteiger partial charge in [0, 0.05) is 30.6 Å². The molecule has 0 aliphatic carbocycles. The Bertz CT molecular complexity index is 1540. The zero-order valence-corrected chi connectivity index (χ0v) is 21.9. The average molecular weight is 563 g/mol. The monoisotopic (exact) mass is 562 g/mol. The van der Waals surface area contributed by atoms with E-state index in [1.54, 1.807) is 11.6 Å². The van der Waals surface area contributed by atoms with Crippen LogP contribution in [0.25, 0.3) is 23.1 Å². The number of hydrogen-bond acceptors (Lipinski definition) is 9. The van der Waals surface area contributed by atoms with Gasteiger partial charge in [-0.15, -0.1) is 18.3 Å². The molecule has 0 atom stereocenters. The van der Waals surface area contributed by atoms with Crippen molar-refractivity contribution in [2.24, 2.45) is 0 Å². The fraction of sp³-hybridized carbons (Fsp3) is 0.360. The third kappa shape index (κ3) is 6.38. The van der Waals surface area contributed by atoms with Gasteiger partial charge in [0.05, 0.1) is 11.8 Å². The first-order valence-electron chi connectivity index (χ1n) is 12.1. The molecular formula is C25H25F3N6O4S. The van der Waals surface area contributed by atoms with Crippen LogP contribution < -0.4 is 9.64 Å². The Morgan fingerprint density at radius 3 is 2.28 bits per heavy atom. The summed E-state index contributed by atoms with van der Waals surface area (Å²) in [5.41, 5.74) is 2.48. The number of hydrogen-bond donors (Lipinski definition) is 0. The Balaban J connectivity index is 1.23. The fourth-order valence-electron chi connectivity index (χ4n) is 4.42. The predicted octanol–water partition coefficient (Wildman–Crippen LogP) is 4.26. The number of benzene rings is 2. The van der Waals surface area contributed by atoms with Crippen LogP contribution in [0.1, 0.15) is 24.2 Å². The van der Waals surface area contributed by atoms with Crippen molar-refractivity contribution in [2.75, 3.05) is 24.2 Å². The molecule has 3 heterocycles. The Kier molecular flexibility index (Phi) is 7.05. The standard InChI is InChI=1S/C25H25F3N6O4S/c1-16-29-23(24-30-22(32-38-24)18-5-9-20(10-6-18)37-25(26,27)28)31-34(16)15-17-3-7-19(8-4-17)33-13-11-21(12-14-33)39(2,35)36/h3-10,21H,11-15H2,1-2H3. The van der Waals surface area contributed by atoms with Gasteiger partial charge in [0.2, 0.25) is 11.6 Å². The third-order valence-corrected chi connectivity index (χ3v) is 8.18. The summed E-state index contributed by atoms with van der Waals surface area (Å²) in [6.07, 6.45) is -2.23. The average Bonchev–Trinajstić information content (AvgIpc) is 3.51. The first kappa shape index (κ1) is 26.7. The molecule has 0 unspecified atom stereocenters. The smallest absolute Gasteiger partial charge is 0.406 e. The van der Waals surface area contributed by atoms with Crippen LogP contribution in [0, 0.1) is 6.92 Å². The lowest BCUT2D eigenvalue weighted by Crippen LogP contribution is -2.39. The number of aromatic nitrogens is 5. The van der Waals surface area contributed by atoms with Gasteiger partial charge in [-0.05, 0) is 61.7 Å². The number of alkyl halides is 3. The first-order valence-corrected chi connectivity index (χ1v) is 14.0. The first-order chi connectivity index (χ1) is 18.4. The zero-order valence-electron chi connectivity index (χ0n) is 21.1. The lowest BCUT2D eigenvalue weighted by Gasteiger charge is -2.32. The summed E-state index contributed by atoms with van der Waals surface area (Å²) in [6, 6.07) is 13.1. The molecular weight excluding hydrogens is 537 g/mol. The SMILES string of the molecule is Cc1nc(-c2nc(-c3ccc(OC(F)(F)F)cc3)no2)nn1Cc1ccc(N2CCC(S(C)(=O)=O)CC2)cc1. The molecule has 0 amide bonds. The van der Waals surface area contributed by atoms with E-state index in [1.807, 2.05) is 24.3 Å². The number of ether oxygens (including phenoxy) is 1. The van der Waals surface area contributed by atoms with E-state index in [-0.39, 0.29) is 28.5 Å². The second kappa shape index (κ2) is 10.3. The lowest BCUT2D eigenvalue weighted by molar-refractivity contribution is -0.274. The van der Waals surface area contributed by atoms with Crippen molar-refractivity contribution >= 4 is 15.5 Å². The summed E-state index contributed by atoms with van der Waals surface area (Å²) < 4.78 is 71.6. The number of aryl methyl sites for hydroxylation is 1. The molecule has 4 aromatic rings. The van der Waals surface area contributed by atoms with Crippen LogP contribution in [0.2, 0.25) is 0 Å². The number of piperidine rings is 1. The highest BCUT2D eigenvalue weighted by Gasteiger charge is 2.31. The molecule has 0 N–H and O–H groups in total. The van der Waals surface area contributed by atoms with Gasteiger partial charge in [-0.3, -0.25) is 0 Å². The van der Waals surface area contributed by atoms with Gasteiger partial charge in [-0.2, -0.15) is 4.98 Å². The number of sulfone groups is 1. The second-order valence-electron chi connectivity index (χ2n) is 9.32. The highest BCUT2D eigenvalue weighted by atomic mass is 32.2. The molecule has 0 spiro atoms. The molecule has 1 aliphatic heterocycles. The third-order valence-electron chi connectivity index (χ3n) is 6.50. The van der Waals surface area contributed by atoms with E-state index >= 15 is 0 Å². The van der Waals surface area contributed by atoms with E-state index in [1.165, 1.54) is 30.5 Å². The number of anilines is 1. The maximum Gasteiger partial charge on any atom is 0.573 e. The van der Waals surface area contributed by atoms with E-state index < -0.39 is 16.2 Å². The van der Waals surface area contributed by atoms with Crippen molar-refractivity contribution in [3.63, 3.8) is 0 Å². The van der Waals surface area contributed by atoms with Gasteiger partial charge in [-0.1, -0.05) is 17.3 Å². The molecule has 2 aromatic carbocycles. The van der Waals surface area contributed by atoms with Crippen molar-refractivity contribution in [3.8, 4) is 28.9 Å². The van der Waals surface area contributed by atoms with Crippen molar-refractivity contribution in [1.82, 2.24) is 24.9 Å². The molecule has 0 radical (unpaired) electrons. The quantitative estimate of drug-likeness (QED) is 0.326. The van der Waals surface area contributed by atoms with Crippen molar-refractivity contribution in [2.45, 2.75) is 37.9 Å². The van der Waals surface area contributed by atoms with Crippen LogP contribution >= 0.6 is 0 Å². The highest BCUT2D eigenvalue weighted by molar-refractivity contribution is 7.91. The fourth-order valence-corrected chi connectivity index (χ4v) is 5.49. The molecule has 1 aliphatic rings. The Labute approximate surface area is 222 Å². The van der Waals surface area contributed by atoms with E-state index in [0.717, 1.165) is 11.3 Å². The van der Waals surface area contributed by atoms with Gasteiger partial charge < -0.3 is 14.2 Å². The van der Waals surface area contributed by atoms with Gasteiger partial charge in [-0.25, -0.2) is 18.1 Å². The molecule has 2 aromatic heterocycles. The molecule has 39 heavy (non-hydrogen) atoms. The van der Waals surface area contributed by atoms with Crippen LogP contribution in [0.15, 0.2) is 53.1 Å². The predicted molar refractivity (Wildman–Crippen MR) is 136 cm³/mol. The number of nitrogens with zero attached hydrogens (tertiary/aromatic N) is 6. The van der Waals surface area contributed by atoms with Crippen LogP contribution in [0.3, 0.4) is 0 Å². The van der Waals surface area contributed by atoms with Crippen molar-refractivity contribution in [1.29, 1.82) is 0 Å². The van der Waals surface area contributed by atoms with Gasteiger partial charge in [0.1, 0.15) is 21.4 Å². The van der Waals surface area contributed by atoms with E-state index in [0.29, 0.717) is 43.9 Å². The number of halogens is 3. The van der Waals surface area contributed by atoms with Crippen molar-refractivity contribution in [3.05, 3.63) is 59.9 Å². The van der Waals surface area contributed by atoms with Gasteiger partial charge in [0.15, 0.2) is 0 Å². The summed E-state index contributed by atoms with van der Waals surface area (Å²) in [4.78, 5) is 10.9.